The number of hydrogen-bond acceptors (Lipinski definition) is 2. The number of carbonyl (C=O) groups excluding carboxylic acids is 1. The van der Waals surface area contributed by atoms with Gasteiger partial charge < -0.3 is 10.4 Å². The highest BCUT2D eigenvalue weighted by Gasteiger charge is 2.29. The van der Waals surface area contributed by atoms with Crippen LogP contribution in [0.25, 0.3) is 0 Å². The first-order valence-electron chi connectivity index (χ1n) is 7.15. The Labute approximate surface area is 113 Å². The van der Waals surface area contributed by atoms with Crippen LogP contribution in [0.1, 0.15) is 44.9 Å². The van der Waals surface area contributed by atoms with Crippen LogP contribution in [-0.4, -0.2) is 35.1 Å². The summed E-state index contributed by atoms with van der Waals surface area (Å²) in [5.41, 5.74) is 1.19. The number of amides is 2. The summed E-state index contributed by atoms with van der Waals surface area (Å²) in [6.45, 7) is 1.21. The molecule has 0 bridgehead atoms. The number of nitrogens with zero attached hydrogens (tertiary/aromatic N) is 1. The fourth-order valence-corrected chi connectivity index (χ4v) is 2.93. The van der Waals surface area contributed by atoms with Crippen molar-refractivity contribution in [1.29, 1.82) is 0 Å². The molecule has 5 nitrogen and oxygen atoms in total. The molecule has 2 aliphatic rings. The van der Waals surface area contributed by atoms with Crippen LogP contribution in [0.5, 0.6) is 0 Å². The first-order valence-corrected chi connectivity index (χ1v) is 7.15. The molecule has 1 aliphatic heterocycles. The van der Waals surface area contributed by atoms with Crippen molar-refractivity contribution in [1.82, 2.24) is 10.2 Å². The van der Waals surface area contributed by atoms with Gasteiger partial charge in [-0.2, -0.15) is 0 Å². The molecule has 1 fully saturated rings. The highest BCUT2D eigenvalue weighted by molar-refractivity contribution is 5.76. The Morgan fingerprint density at radius 2 is 2.16 bits per heavy atom. The number of urea groups is 1. The number of allylic oxidation sites excluding steroid dienone is 2. The van der Waals surface area contributed by atoms with Gasteiger partial charge in [0.25, 0.3) is 0 Å². The van der Waals surface area contributed by atoms with Crippen LogP contribution in [0.2, 0.25) is 0 Å². The average molecular weight is 266 g/mol. The van der Waals surface area contributed by atoms with E-state index in [0.29, 0.717) is 18.9 Å². The Kier molecular flexibility index (Phi) is 4.82. The Morgan fingerprint density at radius 1 is 1.37 bits per heavy atom. The van der Waals surface area contributed by atoms with Crippen molar-refractivity contribution in [3.8, 4) is 0 Å². The van der Waals surface area contributed by atoms with Gasteiger partial charge in [-0.15, -0.1) is 0 Å². The highest BCUT2D eigenvalue weighted by Crippen LogP contribution is 2.34. The lowest BCUT2D eigenvalue weighted by Gasteiger charge is -2.37. The summed E-state index contributed by atoms with van der Waals surface area (Å²) in [7, 11) is 0. The van der Waals surface area contributed by atoms with Crippen molar-refractivity contribution < 1.29 is 14.7 Å². The van der Waals surface area contributed by atoms with Crippen molar-refractivity contribution in [2.75, 3.05) is 13.1 Å². The lowest BCUT2D eigenvalue weighted by Crippen LogP contribution is -2.44. The van der Waals surface area contributed by atoms with E-state index < -0.39 is 5.97 Å². The summed E-state index contributed by atoms with van der Waals surface area (Å²) < 4.78 is 0. The second kappa shape index (κ2) is 6.59. The first kappa shape index (κ1) is 13.9. The van der Waals surface area contributed by atoms with Crippen LogP contribution in [0.15, 0.2) is 11.8 Å². The van der Waals surface area contributed by atoms with E-state index in [0.717, 1.165) is 19.4 Å². The van der Waals surface area contributed by atoms with Crippen molar-refractivity contribution >= 4 is 12.0 Å². The van der Waals surface area contributed by atoms with Crippen LogP contribution in [0.3, 0.4) is 0 Å². The van der Waals surface area contributed by atoms with Crippen molar-refractivity contribution in [3.63, 3.8) is 0 Å². The van der Waals surface area contributed by atoms with Gasteiger partial charge in [-0.25, -0.2) is 4.79 Å². The molecule has 2 N–H and O–H groups in total. The van der Waals surface area contributed by atoms with Gasteiger partial charge in [0.15, 0.2) is 0 Å². The topological polar surface area (TPSA) is 69.6 Å². The molecule has 1 unspecified atom stereocenters. The molecule has 0 spiro atoms. The van der Waals surface area contributed by atoms with E-state index in [-0.39, 0.29) is 12.5 Å². The van der Waals surface area contributed by atoms with Crippen LogP contribution in [0.4, 0.5) is 4.79 Å². The molecular weight excluding hydrogens is 244 g/mol. The second-order valence-corrected chi connectivity index (χ2v) is 5.28. The zero-order valence-corrected chi connectivity index (χ0v) is 11.2. The fourth-order valence-electron chi connectivity index (χ4n) is 2.93. The van der Waals surface area contributed by atoms with E-state index in [1.165, 1.54) is 25.0 Å². The third-order valence-corrected chi connectivity index (χ3v) is 3.86. The molecule has 2 amide bonds. The average Bonchev–Trinajstić information content (AvgIpc) is 2.42. The Hall–Kier alpha value is -1.52. The minimum Gasteiger partial charge on any atom is -0.481 e. The predicted octanol–water partition coefficient (Wildman–Crippen LogP) is 2.34. The zero-order valence-electron chi connectivity index (χ0n) is 11.2. The SMILES string of the molecule is O=C(O)CCCNC(=O)N1CCCC2CCCC=C21. The smallest absolute Gasteiger partial charge is 0.321 e. The van der Waals surface area contributed by atoms with Gasteiger partial charge in [0, 0.05) is 25.2 Å². The molecule has 106 valence electrons. The van der Waals surface area contributed by atoms with Crippen molar-refractivity contribution in [3.05, 3.63) is 11.8 Å². The molecule has 0 radical (unpaired) electrons. The molecule has 0 aromatic carbocycles. The van der Waals surface area contributed by atoms with Gasteiger partial charge in [-0.05, 0) is 44.4 Å². The Balaban J connectivity index is 1.84. The number of carboxylic acids is 1. The quantitative estimate of drug-likeness (QED) is 0.767. The van der Waals surface area contributed by atoms with E-state index in [9.17, 15) is 9.59 Å². The van der Waals surface area contributed by atoms with E-state index in [1.807, 2.05) is 4.90 Å². The number of hydrogen-bond donors (Lipinski definition) is 2. The second-order valence-electron chi connectivity index (χ2n) is 5.28. The third-order valence-electron chi connectivity index (χ3n) is 3.86. The highest BCUT2D eigenvalue weighted by atomic mass is 16.4. The van der Waals surface area contributed by atoms with E-state index >= 15 is 0 Å². The number of rotatable bonds is 4. The molecule has 1 aliphatic carbocycles. The maximum absolute atomic E-state index is 12.1. The summed E-state index contributed by atoms with van der Waals surface area (Å²) in [6.07, 6.45) is 8.51. The predicted molar refractivity (Wildman–Crippen MR) is 71.6 cm³/mol. The van der Waals surface area contributed by atoms with E-state index in [4.69, 9.17) is 5.11 Å². The largest absolute Gasteiger partial charge is 0.481 e. The van der Waals surface area contributed by atoms with Gasteiger partial charge in [0.2, 0.25) is 0 Å². The normalized spacial score (nSPS) is 22.4. The number of fused-ring (bicyclic) bond motifs is 1. The summed E-state index contributed by atoms with van der Waals surface area (Å²) in [5, 5.41) is 11.4. The van der Waals surface area contributed by atoms with Crippen molar-refractivity contribution in [2.45, 2.75) is 44.9 Å². The fraction of sp³-hybridized carbons (Fsp3) is 0.714. The monoisotopic (exact) mass is 266 g/mol. The zero-order chi connectivity index (χ0) is 13.7. The number of nitrogens with one attached hydrogen (secondary N) is 1. The van der Waals surface area contributed by atoms with Gasteiger partial charge in [-0.3, -0.25) is 9.69 Å². The van der Waals surface area contributed by atoms with Crippen LogP contribution in [-0.2, 0) is 4.79 Å². The molecule has 5 heteroatoms. The Morgan fingerprint density at radius 3 is 2.95 bits per heavy atom. The maximum Gasteiger partial charge on any atom is 0.321 e. The van der Waals surface area contributed by atoms with Crippen LogP contribution < -0.4 is 5.32 Å². The molecule has 0 saturated carbocycles. The number of piperidine rings is 1. The van der Waals surface area contributed by atoms with Gasteiger partial charge in [0.05, 0.1) is 0 Å². The summed E-state index contributed by atoms with van der Waals surface area (Å²) in [6, 6.07) is -0.0664. The number of carbonyl (C=O) groups is 2. The molecule has 19 heavy (non-hydrogen) atoms. The molecule has 1 heterocycles. The minimum absolute atomic E-state index is 0.0664. The van der Waals surface area contributed by atoms with Gasteiger partial charge in [-0.1, -0.05) is 6.08 Å². The maximum atomic E-state index is 12.1. The molecule has 1 saturated heterocycles. The van der Waals surface area contributed by atoms with Crippen LogP contribution in [0, 0.1) is 5.92 Å². The van der Waals surface area contributed by atoms with Gasteiger partial charge >= 0.3 is 12.0 Å². The lowest BCUT2D eigenvalue weighted by molar-refractivity contribution is -0.137. The molecular formula is C14H22N2O3. The van der Waals surface area contributed by atoms with Gasteiger partial charge in [0.1, 0.15) is 0 Å². The summed E-state index contributed by atoms with van der Waals surface area (Å²) >= 11 is 0. The molecule has 1 atom stereocenters. The number of likely N-dealkylation sites (tertiary alicyclic amines) is 1. The molecule has 0 aromatic heterocycles. The summed E-state index contributed by atoms with van der Waals surface area (Å²) in [5.74, 6) is -0.269. The lowest BCUT2D eigenvalue weighted by atomic mass is 9.85. The number of carboxylic acid groups (broad SMARTS) is 1. The summed E-state index contributed by atoms with van der Waals surface area (Å²) in [4.78, 5) is 24.4. The molecule has 2 rings (SSSR count). The Bertz CT molecular complexity index is 379. The van der Waals surface area contributed by atoms with Crippen molar-refractivity contribution in [2.24, 2.45) is 5.92 Å². The standard InChI is InChI=1S/C14H22N2O3/c17-13(18)8-3-9-15-14(19)16-10-4-6-11-5-1-2-7-12(11)16/h7,11H,1-6,8-10H2,(H,15,19)(H,17,18). The third kappa shape index (κ3) is 3.72. The molecule has 0 aromatic rings. The van der Waals surface area contributed by atoms with E-state index in [2.05, 4.69) is 11.4 Å². The first-order chi connectivity index (χ1) is 9.18. The number of aliphatic carboxylic acids is 1. The van der Waals surface area contributed by atoms with E-state index in [1.54, 1.807) is 0 Å². The minimum atomic E-state index is -0.817. The van der Waals surface area contributed by atoms with Crippen LogP contribution >= 0.6 is 0 Å².